The molecule has 1 atom stereocenters. The Labute approximate surface area is 99.6 Å². The van der Waals surface area contributed by atoms with Crippen LogP contribution in [0.15, 0.2) is 29.9 Å². The maximum atomic E-state index is 9.99. The summed E-state index contributed by atoms with van der Waals surface area (Å²) in [6.45, 7) is 4.19. The third-order valence-corrected chi connectivity index (χ3v) is 3.66. The Morgan fingerprint density at radius 2 is 2.12 bits per heavy atom. The lowest BCUT2D eigenvalue weighted by Gasteiger charge is -2.09. The van der Waals surface area contributed by atoms with Crippen LogP contribution in [0.3, 0.4) is 0 Å². The Hall–Kier alpha value is -1.19. The van der Waals surface area contributed by atoms with Crippen LogP contribution in [0.25, 0.3) is 0 Å². The van der Waals surface area contributed by atoms with Crippen LogP contribution in [0.1, 0.15) is 27.7 Å². The van der Waals surface area contributed by atoms with Gasteiger partial charge in [0.2, 0.25) is 0 Å². The highest BCUT2D eigenvalue weighted by molar-refractivity contribution is 7.09. The van der Waals surface area contributed by atoms with Gasteiger partial charge in [0.1, 0.15) is 0 Å². The molecule has 84 valence electrons. The van der Waals surface area contributed by atoms with Crippen LogP contribution in [0.2, 0.25) is 0 Å². The van der Waals surface area contributed by atoms with Gasteiger partial charge in [0.25, 0.3) is 0 Å². The molecular formula is C13H15NOS. The number of thiazole rings is 1. The molecule has 0 aliphatic rings. The lowest BCUT2D eigenvalue weighted by Crippen LogP contribution is -2.00. The lowest BCUT2D eigenvalue weighted by atomic mass is 10.0. The molecule has 0 amide bonds. The van der Waals surface area contributed by atoms with Crippen LogP contribution in [-0.4, -0.2) is 10.1 Å². The van der Waals surface area contributed by atoms with Gasteiger partial charge < -0.3 is 5.11 Å². The second-order valence-corrected chi connectivity index (χ2v) is 4.96. The molecule has 16 heavy (non-hydrogen) atoms. The molecule has 0 fully saturated rings. The predicted octanol–water partition coefficient (Wildman–Crippen LogP) is 3.04. The fourth-order valence-electron chi connectivity index (χ4n) is 1.64. The van der Waals surface area contributed by atoms with Gasteiger partial charge in [0.05, 0.1) is 16.5 Å². The van der Waals surface area contributed by atoms with Crippen molar-refractivity contribution < 1.29 is 5.11 Å². The molecule has 2 aromatic rings. The summed E-state index contributed by atoms with van der Waals surface area (Å²) in [5, 5.41) is 9.99. The first kappa shape index (κ1) is 11.3. The molecular weight excluding hydrogens is 218 g/mol. The van der Waals surface area contributed by atoms with Crippen molar-refractivity contribution in [2.24, 2.45) is 0 Å². The third kappa shape index (κ3) is 2.49. The van der Waals surface area contributed by atoms with Gasteiger partial charge in [-0.25, -0.2) is 0 Å². The Morgan fingerprint density at radius 1 is 1.31 bits per heavy atom. The summed E-state index contributed by atoms with van der Waals surface area (Å²) in [4.78, 5) is 4.90. The molecule has 0 saturated carbocycles. The largest absolute Gasteiger partial charge is 0.387 e. The Kier molecular flexibility index (Phi) is 3.36. The standard InChI is InChI=1S/C13H15NOS/c1-9-3-4-11(5-10(9)2)6-12(15)13-7-14-8-16-13/h3-5,7-8,12,15H,6H2,1-2H3. The summed E-state index contributed by atoms with van der Waals surface area (Å²) >= 11 is 1.50. The lowest BCUT2D eigenvalue weighted by molar-refractivity contribution is 0.182. The summed E-state index contributed by atoms with van der Waals surface area (Å²) < 4.78 is 0. The first-order valence-electron chi connectivity index (χ1n) is 5.29. The number of aryl methyl sites for hydroxylation is 2. The predicted molar refractivity (Wildman–Crippen MR) is 66.7 cm³/mol. The number of aromatic nitrogens is 1. The van der Waals surface area contributed by atoms with Gasteiger partial charge >= 0.3 is 0 Å². The van der Waals surface area contributed by atoms with E-state index in [0.717, 1.165) is 4.88 Å². The second-order valence-electron chi connectivity index (χ2n) is 4.04. The van der Waals surface area contributed by atoms with Crippen molar-refractivity contribution in [2.45, 2.75) is 26.4 Å². The molecule has 0 saturated heterocycles. The fourth-order valence-corrected chi connectivity index (χ4v) is 2.25. The van der Waals surface area contributed by atoms with Gasteiger partial charge in [-0.2, -0.15) is 0 Å². The molecule has 0 radical (unpaired) electrons. The van der Waals surface area contributed by atoms with Crippen molar-refractivity contribution in [1.29, 1.82) is 0 Å². The van der Waals surface area contributed by atoms with Crippen molar-refractivity contribution in [2.75, 3.05) is 0 Å². The van der Waals surface area contributed by atoms with E-state index in [1.54, 1.807) is 11.7 Å². The van der Waals surface area contributed by atoms with Crippen molar-refractivity contribution in [3.63, 3.8) is 0 Å². The monoisotopic (exact) mass is 233 g/mol. The summed E-state index contributed by atoms with van der Waals surface area (Å²) in [6.07, 6.45) is 1.95. The number of aliphatic hydroxyl groups is 1. The smallest absolute Gasteiger partial charge is 0.0938 e. The number of aliphatic hydroxyl groups excluding tert-OH is 1. The SMILES string of the molecule is Cc1ccc(CC(O)c2cncs2)cc1C. The number of nitrogens with zero attached hydrogens (tertiary/aromatic N) is 1. The molecule has 1 aromatic carbocycles. The van der Waals surface area contributed by atoms with E-state index in [1.807, 2.05) is 0 Å². The summed E-state index contributed by atoms with van der Waals surface area (Å²) in [6, 6.07) is 6.32. The van der Waals surface area contributed by atoms with Gasteiger partial charge in [0, 0.05) is 12.6 Å². The average Bonchev–Trinajstić information content (AvgIpc) is 2.77. The zero-order valence-electron chi connectivity index (χ0n) is 9.47. The van der Waals surface area contributed by atoms with Crippen LogP contribution in [0.5, 0.6) is 0 Å². The Bertz CT molecular complexity index is 465. The number of hydrogen-bond acceptors (Lipinski definition) is 3. The highest BCUT2D eigenvalue weighted by Crippen LogP contribution is 2.22. The highest BCUT2D eigenvalue weighted by atomic mass is 32.1. The van der Waals surface area contributed by atoms with Crippen molar-refractivity contribution in [1.82, 2.24) is 4.98 Å². The molecule has 2 rings (SSSR count). The van der Waals surface area contributed by atoms with Gasteiger partial charge in [-0.1, -0.05) is 18.2 Å². The zero-order valence-corrected chi connectivity index (χ0v) is 10.3. The van der Waals surface area contributed by atoms with Crippen molar-refractivity contribution in [3.8, 4) is 0 Å². The van der Waals surface area contributed by atoms with E-state index in [1.165, 1.54) is 28.0 Å². The summed E-state index contributed by atoms with van der Waals surface area (Å²) in [7, 11) is 0. The molecule has 0 bridgehead atoms. The van der Waals surface area contributed by atoms with E-state index in [2.05, 4.69) is 37.0 Å². The van der Waals surface area contributed by atoms with Gasteiger partial charge in [-0.3, -0.25) is 4.98 Å². The van der Waals surface area contributed by atoms with E-state index >= 15 is 0 Å². The molecule has 1 N–H and O–H groups in total. The van der Waals surface area contributed by atoms with Crippen LogP contribution in [0, 0.1) is 13.8 Å². The van der Waals surface area contributed by atoms with Gasteiger partial charge in [-0.05, 0) is 30.5 Å². The maximum Gasteiger partial charge on any atom is 0.0938 e. The van der Waals surface area contributed by atoms with Crippen LogP contribution in [0.4, 0.5) is 0 Å². The van der Waals surface area contributed by atoms with Crippen molar-refractivity contribution >= 4 is 11.3 Å². The summed E-state index contributed by atoms with van der Waals surface area (Å²) in [5.74, 6) is 0. The Balaban J connectivity index is 2.12. The molecule has 0 spiro atoms. The number of benzene rings is 1. The normalized spacial score (nSPS) is 12.7. The minimum absolute atomic E-state index is 0.436. The molecule has 0 aliphatic carbocycles. The van der Waals surface area contributed by atoms with Gasteiger partial charge in [-0.15, -0.1) is 11.3 Å². The zero-order chi connectivity index (χ0) is 11.5. The van der Waals surface area contributed by atoms with Crippen LogP contribution in [-0.2, 0) is 6.42 Å². The second kappa shape index (κ2) is 4.76. The Morgan fingerprint density at radius 3 is 2.75 bits per heavy atom. The van der Waals surface area contributed by atoms with E-state index in [0.29, 0.717) is 6.42 Å². The van der Waals surface area contributed by atoms with E-state index in [-0.39, 0.29) is 0 Å². The summed E-state index contributed by atoms with van der Waals surface area (Å²) in [5.41, 5.74) is 5.48. The van der Waals surface area contributed by atoms with Crippen LogP contribution >= 0.6 is 11.3 Å². The van der Waals surface area contributed by atoms with Crippen LogP contribution < -0.4 is 0 Å². The molecule has 1 aromatic heterocycles. The van der Waals surface area contributed by atoms with E-state index < -0.39 is 6.10 Å². The third-order valence-electron chi connectivity index (χ3n) is 2.78. The minimum atomic E-state index is -0.436. The van der Waals surface area contributed by atoms with Gasteiger partial charge in [0.15, 0.2) is 0 Å². The number of rotatable bonds is 3. The van der Waals surface area contributed by atoms with E-state index in [4.69, 9.17) is 0 Å². The maximum absolute atomic E-state index is 9.99. The van der Waals surface area contributed by atoms with E-state index in [9.17, 15) is 5.11 Å². The first-order valence-corrected chi connectivity index (χ1v) is 6.17. The fraction of sp³-hybridized carbons (Fsp3) is 0.308. The average molecular weight is 233 g/mol. The molecule has 1 unspecified atom stereocenters. The quantitative estimate of drug-likeness (QED) is 0.884. The molecule has 0 aliphatic heterocycles. The number of hydrogen-bond donors (Lipinski definition) is 1. The molecule has 2 nitrogen and oxygen atoms in total. The molecule has 3 heteroatoms. The first-order chi connectivity index (χ1) is 7.66. The topological polar surface area (TPSA) is 33.1 Å². The highest BCUT2D eigenvalue weighted by Gasteiger charge is 2.10. The van der Waals surface area contributed by atoms with Crippen molar-refractivity contribution in [3.05, 3.63) is 51.5 Å². The molecule has 1 heterocycles. The minimum Gasteiger partial charge on any atom is -0.387 e.